The number of rotatable bonds is 7. The average Bonchev–Trinajstić information content (AvgIpc) is 3.51. The van der Waals surface area contributed by atoms with Gasteiger partial charge in [-0.2, -0.15) is 10.1 Å². The molecule has 2 aliphatic carbocycles. The van der Waals surface area contributed by atoms with Crippen LogP contribution in [0.3, 0.4) is 0 Å². The first-order valence-corrected chi connectivity index (χ1v) is 11.2. The molecule has 34 heavy (non-hydrogen) atoms. The fourth-order valence-electron chi connectivity index (χ4n) is 5.06. The van der Waals surface area contributed by atoms with E-state index in [9.17, 15) is 19.5 Å². The lowest BCUT2D eigenvalue weighted by atomic mass is 9.85. The van der Waals surface area contributed by atoms with Gasteiger partial charge in [-0.15, -0.1) is 0 Å². The Labute approximate surface area is 200 Å². The number of hydrogen-bond acceptors (Lipinski definition) is 6. The van der Waals surface area contributed by atoms with Crippen molar-refractivity contribution in [3.05, 3.63) is 70.3 Å². The van der Waals surface area contributed by atoms with Gasteiger partial charge in [-0.25, -0.2) is 4.79 Å². The summed E-state index contributed by atoms with van der Waals surface area (Å²) >= 11 is 6.23. The van der Waals surface area contributed by atoms with Gasteiger partial charge in [0.25, 0.3) is 11.8 Å². The minimum Gasteiger partial charge on any atom is -0.493 e. The van der Waals surface area contributed by atoms with Gasteiger partial charge in [0, 0.05) is 16.7 Å². The van der Waals surface area contributed by atoms with E-state index in [0.29, 0.717) is 27.6 Å². The van der Waals surface area contributed by atoms with Gasteiger partial charge in [-0.3, -0.25) is 9.59 Å². The van der Waals surface area contributed by atoms with Crippen LogP contribution in [0.25, 0.3) is 0 Å². The number of aromatic carboxylic acids is 1. The van der Waals surface area contributed by atoms with Gasteiger partial charge in [-0.05, 0) is 42.0 Å². The van der Waals surface area contributed by atoms with E-state index < -0.39 is 5.97 Å². The van der Waals surface area contributed by atoms with E-state index in [-0.39, 0.29) is 47.7 Å². The number of imide groups is 1. The number of hydrazone groups is 1. The van der Waals surface area contributed by atoms with Crippen LogP contribution in [0.1, 0.15) is 27.9 Å². The van der Waals surface area contributed by atoms with E-state index in [1.54, 1.807) is 24.3 Å². The van der Waals surface area contributed by atoms with Crippen molar-refractivity contribution in [2.45, 2.75) is 13.0 Å². The topological polar surface area (TPSA) is 106 Å². The van der Waals surface area contributed by atoms with Crippen LogP contribution in [-0.4, -0.2) is 41.2 Å². The van der Waals surface area contributed by atoms with Crippen LogP contribution in [0.4, 0.5) is 0 Å². The smallest absolute Gasteiger partial charge is 0.335 e. The SMILES string of the molecule is COc1cc(Cl)cc(C=NN2C(=O)C3C4C=CC(C4)C3C2=O)c1OCc1cccc(C(=O)O)c1. The number of carbonyl (C=O) groups is 3. The summed E-state index contributed by atoms with van der Waals surface area (Å²) in [6.07, 6.45) is 6.26. The number of methoxy groups -OCH3 is 1. The fourth-order valence-corrected chi connectivity index (χ4v) is 5.28. The maximum Gasteiger partial charge on any atom is 0.335 e. The third-order valence-corrected chi connectivity index (χ3v) is 6.80. The van der Waals surface area contributed by atoms with Crippen molar-refractivity contribution in [2.75, 3.05) is 7.11 Å². The second kappa shape index (κ2) is 8.61. The Morgan fingerprint density at radius 3 is 2.53 bits per heavy atom. The summed E-state index contributed by atoms with van der Waals surface area (Å²) in [6.45, 7) is 0.0563. The molecule has 2 aromatic rings. The van der Waals surface area contributed by atoms with Crippen LogP contribution in [-0.2, 0) is 16.2 Å². The Morgan fingerprint density at radius 1 is 1.18 bits per heavy atom. The molecule has 3 aliphatic rings. The number of hydrogen-bond donors (Lipinski definition) is 1. The number of carboxylic acid groups (broad SMARTS) is 1. The molecule has 174 valence electrons. The highest BCUT2D eigenvalue weighted by Gasteiger charge is 2.59. The molecule has 4 unspecified atom stereocenters. The van der Waals surface area contributed by atoms with Crippen molar-refractivity contribution >= 4 is 35.6 Å². The molecule has 0 spiro atoms. The third kappa shape index (κ3) is 3.74. The third-order valence-electron chi connectivity index (χ3n) is 6.58. The largest absolute Gasteiger partial charge is 0.493 e. The van der Waals surface area contributed by atoms with Crippen molar-refractivity contribution in [3.8, 4) is 11.5 Å². The molecule has 1 saturated heterocycles. The van der Waals surface area contributed by atoms with Gasteiger partial charge in [0.05, 0.1) is 30.7 Å². The highest BCUT2D eigenvalue weighted by atomic mass is 35.5. The summed E-state index contributed by atoms with van der Waals surface area (Å²) < 4.78 is 11.4. The molecule has 1 N–H and O–H groups in total. The van der Waals surface area contributed by atoms with E-state index in [4.69, 9.17) is 21.1 Å². The lowest BCUT2D eigenvalue weighted by Gasteiger charge is -2.15. The monoisotopic (exact) mass is 480 g/mol. The maximum absolute atomic E-state index is 12.9. The van der Waals surface area contributed by atoms with E-state index in [1.807, 2.05) is 12.2 Å². The number of halogens is 1. The normalized spacial score (nSPS) is 24.8. The zero-order chi connectivity index (χ0) is 24.0. The van der Waals surface area contributed by atoms with Gasteiger partial charge >= 0.3 is 5.97 Å². The van der Waals surface area contributed by atoms with Gasteiger partial charge in [0.1, 0.15) is 6.61 Å². The first-order chi connectivity index (χ1) is 16.4. The molecule has 2 fully saturated rings. The lowest BCUT2D eigenvalue weighted by Crippen LogP contribution is -2.28. The van der Waals surface area contributed by atoms with Crippen LogP contribution in [0.5, 0.6) is 11.5 Å². The van der Waals surface area contributed by atoms with Crippen molar-refractivity contribution in [2.24, 2.45) is 28.8 Å². The van der Waals surface area contributed by atoms with Gasteiger partial charge in [0.2, 0.25) is 0 Å². The molecule has 0 aromatic heterocycles. The molecule has 9 heteroatoms. The second-order valence-corrected chi connectivity index (χ2v) is 8.99. The predicted molar refractivity (Wildman–Crippen MR) is 123 cm³/mol. The van der Waals surface area contributed by atoms with Crippen molar-refractivity contribution in [3.63, 3.8) is 0 Å². The van der Waals surface area contributed by atoms with Gasteiger partial charge < -0.3 is 14.6 Å². The summed E-state index contributed by atoms with van der Waals surface area (Å²) in [4.78, 5) is 37.1. The highest BCUT2D eigenvalue weighted by molar-refractivity contribution is 6.31. The number of nitrogens with zero attached hydrogens (tertiary/aromatic N) is 2. The van der Waals surface area contributed by atoms with Crippen LogP contribution in [0.15, 0.2) is 53.7 Å². The molecular formula is C25H21ClN2O6. The molecule has 8 nitrogen and oxygen atoms in total. The van der Waals surface area contributed by atoms with Crippen LogP contribution in [0.2, 0.25) is 5.02 Å². The zero-order valence-corrected chi connectivity index (χ0v) is 18.9. The van der Waals surface area contributed by atoms with Crippen molar-refractivity contribution in [1.82, 2.24) is 5.01 Å². The van der Waals surface area contributed by atoms with E-state index >= 15 is 0 Å². The fraction of sp³-hybridized carbons (Fsp3) is 0.280. The number of ether oxygens (including phenoxy) is 2. The summed E-state index contributed by atoms with van der Waals surface area (Å²) in [7, 11) is 1.46. The molecule has 1 heterocycles. The quantitative estimate of drug-likeness (QED) is 0.367. The van der Waals surface area contributed by atoms with Crippen LogP contribution < -0.4 is 9.47 Å². The molecule has 4 atom stereocenters. The molecule has 2 aromatic carbocycles. The number of allylic oxidation sites excluding steroid dienone is 2. The predicted octanol–water partition coefficient (Wildman–Crippen LogP) is 3.77. The minimum atomic E-state index is -1.04. The van der Waals surface area contributed by atoms with Crippen LogP contribution >= 0.6 is 11.6 Å². The molecular weight excluding hydrogens is 460 g/mol. The number of carboxylic acids is 1. The first kappa shape index (κ1) is 22.2. The molecule has 2 amide bonds. The molecule has 1 aliphatic heterocycles. The van der Waals surface area contributed by atoms with E-state index in [0.717, 1.165) is 11.4 Å². The number of fused-ring (bicyclic) bond motifs is 5. The van der Waals surface area contributed by atoms with E-state index in [2.05, 4.69) is 5.10 Å². The Balaban J connectivity index is 1.41. The van der Waals surface area contributed by atoms with Crippen molar-refractivity contribution < 1.29 is 29.0 Å². The Morgan fingerprint density at radius 2 is 1.88 bits per heavy atom. The molecule has 5 rings (SSSR count). The van der Waals surface area contributed by atoms with E-state index in [1.165, 1.54) is 25.5 Å². The summed E-state index contributed by atoms with van der Waals surface area (Å²) in [5, 5.41) is 14.7. The average molecular weight is 481 g/mol. The minimum absolute atomic E-state index is 0.0563. The Kier molecular flexibility index (Phi) is 5.61. The van der Waals surface area contributed by atoms with Gasteiger partial charge in [0.15, 0.2) is 11.5 Å². The number of benzene rings is 2. The van der Waals surface area contributed by atoms with Crippen LogP contribution in [0, 0.1) is 23.7 Å². The summed E-state index contributed by atoms with van der Waals surface area (Å²) in [5.74, 6) is -1.46. The number of amides is 2. The second-order valence-electron chi connectivity index (χ2n) is 8.55. The van der Waals surface area contributed by atoms with Gasteiger partial charge in [-0.1, -0.05) is 35.9 Å². The zero-order valence-electron chi connectivity index (χ0n) is 18.2. The lowest BCUT2D eigenvalue weighted by molar-refractivity contribution is -0.140. The molecule has 0 radical (unpaired) electrons. The summed E-state index contributed by atoms with van der Waals surface area (Å²) in [5.41, 5.74) is 1.20. The summed E-state index contributed by atoms with van der Waals surface area (Å²) in [6, 6.07) is 9.54. The maximum atomic E-state index is 12.9. The number of carbonyl (C=O) groups excluding carboxylic acids is 2. The standard InChI is InChI=1S/C25H21ClN2O6/c1-33-19-10-18(26)9-17(22(19)34-12-13-3-2-4-16(7-13)25(31)32)11-27-28-23(29)20-14-5-6-15(8-14)21(20)24(28)30/h2-7,9-11,14-15,20-21H,8,12H2,1H3,(H,31,32). The highest BCUT2D eigenvalue weighted by Crippen LogP contribution is 2.52. The molecule has 2 bridgehead atoms. The Bertz CT molecular complexity index is 1230. The molecule has 1 saturated carbocycles. The van der Waals surface area contributed by atoms with Crippen molar-refractivity contribution in [1.29, 1.82) is 0 Å². The first-order valence-electron chi connectivity index (χ1n) is 10.8. The Hall–Kier alpha value is -3.65.